The number of nitrogens with two attached hydrogens (primary N) is 1. The van der Waals surface area contributed by atoms with Crippen molar-refractivity contribution in [2.24, 2.45) is 16.8 Å². The summed E-state index contributed by atoms with van der Waals surface area (Å²) in [6, 6.07) is 15.3. The monoisotopic (exact) mass is 588 g/mol. The molecule has 9 nitrogen and oxygen atoms in total. The molecule has 0 radical (unpaired) electrons. The first-order chi connectivity index (χ1) is 19.4. The second-order valence-corrected chi connectivity index (χ2v) is 10.2. The van der Waals surface area contributed by atoms with Crippen LogP contribution in [-0.2, 0) is 4.79 Å². The Balaban J connectivity index is 1.76. The van der Waals surface area contributed by atoms with Crippen LogP contribution in [0.1, 0.15) is 47.7 Å². The summed E-state index contributed by atoms with van der Waals surface area (Å²) in [5, 5.41) is 9.40. The number of aromatic nitrogens is 2. The summed E-state index contributed by atoms with van der Waals surface area (Å²) in [4.78, 5) is 33.5. The Morgan fingerprint density at radius 3 is 2.44 bits per heavy atom. The fourth-order valence-corrected chi connectivity index (χ4v) is 4.42. The average Bonchev–Trinajstić information content (AvgIpc) is 3.37. The van der Waals surface area contributed by atoms with E-state index in [2.05, 4.69) is 15.3 Å². The second-order valence-electron chi connectivity index (χ2n) is 9.74. The van der Waals surface area contributed by atoms with Gasteiger partial charge in [-0.05, 0) is 29.2 Å². The maximum Gasteiger partial charge on any atom is 0.392 e. The number of amides is 2. The van der Waals surface area contributed by atoms with E-state index >= 15 is 0 Å². The van der Waals surface area contributed by atoms with E-state index in [-0.39, 0.29) is 35.8 Å². The molecule has 13 heteroatoms. The van der Waals surface area contributed by atoms with Crippen molar-refractivity contribution < 1.29 is 27.5 Å². The molecule has 2 heterocycles. The van der Waals surface area contributed by atoms with Crippen LogP contribution in [0.15, 0.2) is 65.9 Å². The number of hydrazone groups is 1. The molecule has 3 N–H and O–H groups in total. The van der Waals surface area contributed by atoms with Crippen LogP contribution < -0.4 is 20.8 Å². The molecule has 3 aromatic rings. The zero-order chi connectivity index (χ0) is 29.7. The molecule has 1 aliphatic rings. The first-order valence-corrected chi connectivity index (χ1v) is 13.1. The normalized spacial score (nSPS) is 15.9. The van der Waals surface area contributed by atoms with Crippen LogP contribution in [0.25, 0.3) is 0 Å². The third kappa shape index (κ3) is 7.51. The van der Waals surface area contributed by atoms with Crippen molar-refractivity contribution in [3.8, 4) is 6.01 Å². The summed E-state index contributed by atoms with van der Waals surface area (Å²) in [5.41, 5.74) is 7.80. The first kappa shape index (κ1) is 29.8. The first-order valence-electron chi connectivity index (χ1n) is 12.8. The van der Waals surface area contributed by atoms with Gasteiger partial charge in [-0.15, -0.1) is 0 Å². The summed E-state index contributed by atoms with van der Waals surface area (Å²) in [6.45, 7) is 2.97. The van der Waals surface area contributed by atoms with E-state index in [1.54, 1.807) is 26.0 Å². The summed E-state index contributed by atoms with van der Waals surface area (Å²) in [7, 11) is 0. The Bertz CT molecular complexity index is 1420. The number of hydrogen-bond donors (Lipinski definition) is 2. The molecular formula is C28H28ClF3N6O3. The summed E-state index contributed by atoms with van der Waals surface area (Å²) in [5.74, 6) is -2.00. The van der Waals surface area contributed by atoms with Gasteiger partial charge in [-0.2, -0.15) is 23.3 Å². The maximum absolute atomic E-state index is 13.4. The van der Waals surface area contributed by atoms with Crippen molar-refractivity contribution >= 4 is 34.9 Å². The minimum absolute atomic E-state index is 0.00335. The molecule has 216 valence electrons. The summed E-state index contributed by atoms with van der Waals surface area (Å²) in [6.07, 6.45) is -4.51. The van der Waals surface area contributed by atoms with Crippen molar-refractivity contribution in [1.82, 2.24) is 15.3 Å². The zero-order valence-corrected chi connectivity index (χ0v) is 23.0. The number of rotatable bonds is 10. The van der Waals surface area contributed by atoms with Crippen molar-refractivity contribution in [3.63, 3.8) is 0 Å². The van der Waals surface area contributed by atoms with Gasteiger partial charge in [0.05, 0.1) is 18.7 Å². The predicted octanol–water partition coefficient (Wildman–Crippen LogP) is 4.71. The van der Waals surface area contributed by atoms with E-state index < -0.39 is 37.1 Å². The number of hydrogen-bond acceptors (Lipinski definition) is 7. The predicted molar refractivity (Wildman–Crippen MR) is 148 cm³/mol. The third-order valence-corrected chi connectivity index (χ3v) is 6.62. The van der Waals surface area contributed by atoms with Crippen LogP contribution in [-0.4, -0.2) is 52.9 Å². The zero-order valence-electron chi connectivity index (χ0n) is 22.2. The molecule has 0 aliphatic carbocycles. The number of alkyl halides is 3. The van der Waals surface area contributed by atoms with Gasteiger partial charge >= 0.3 is 12.2 Å². The number of carbonyl (C=O) groups is 2. The third-order valence-electron chi connectivity index (χ3n) is 6.37. The quantitative estimate of drug-likeness (QED) is 0.354. The molecule has 1 unspecified atom stereocenters. The van der Waals surface area contributed by atoms with E-state index in [1.165, 1.54) is 5.01 Å². The number of anilines is 1. The number of nitrogens with one attached hydrogen (secondary N) is 1. The number of nitrogens with zero attached hydrogens (tertiary/aromatic N) is 4. The fraction of sp³-hybridized carbons (Fsp3) is 0.321. The highest BCUT2D eigenvalue weighted by Gasteiger charge is 2.34. The minimum atomic E-state index is -4.43. The van der Waals surface area contributed by atoms with Crippen LogP contribution in [0.5, 0.6) is 6.01 Å². The number of benzene rings is 2. The van der Waals surface area contributed by atoms with E-state index in [0.717, 1.165) is 17.3 Å². The van der Waals surface area contributed by atoms with Crippen molar-refractivity contribution in [2.45, 2.75) is 38.4 Å². The molecule has 2 atom stereocenters. The number of halogens is 4. The highest BCUT2D eigenvalue weighted by atomic mass is 35.5. The lowest BCUT2D eigenvalue weighted by Gasteiger charge is -2.22. The van der Waals surface area contributed by atoms with Crippen LogP contribution in [0, 0.1) is 5.92 Å². The van der Waals surface area contributed by atoms with Crippen molar-refractivity contribution in [1.29, 1.82) is 0 Å². The van der Waals surface area contributed by atoms with Crippen LogP contribution in [0.2, 0.25) is 5.02 Å². The van der Waals surface area contributed by atoms with Gasteiger partial charge in [0, 0.05) is 17.1 Å². The van der Waals surface area contributed by atoms with Crippen molar-refractivity contribution in [2.75, 3.05) is 18.2 Å². The topological polar surface area (TPSA) is 123 Å². The van der Waals surface area contributed by atoms with Gasteiger partial charge in [0.1, 0.15) is 18.2 Å². The number of ether oxygens (including phenoxy) is 1. The second kappa shape index (κ2) is 12.5. The number of primary amides is 1. The van der Waals surface area contributed by atoms with Gasteiger partial charge in [-0.1, -0.05) is 67.9 Å². The van der Waals surface area contributed by atoms with Crippen LogP contribution >= 0.6 is 11.6 Å². The molecule has 1 aromatic heterocycles. The highest BCUT2D eigenvalue weighted by Crippen LogP contribution is 2.33. The summed E-state index contributed by atoms with van der Waals surface area (Å²) >= 11 is 6.10. The maximum atomic E-state index is 13.4. The molecule has 4 rings (SSSR count). The van der Waals surface area contributed by atoms with E-state index in [0.29, 0.717) is 10.7 Å². The molecule has 0 saturated heterocycles. The van der Waals surface area contributed by atoms with Crippen molar-refractivity contribution in [3.05, 3.63) is 82.5 Å². The van der Waals surface area contributed by atoms with Gasteiger partial charge in [0.2, 0.25) is 5.91 Å². The lowest BCUT2D eigenvalue weighted by Crippen LogP contribution is -2.48. The minimum Gasteiger partial charge on any atom is -0.463 e. The Kier molecular flexibility index (Phi) is 9.11. The molecule has 1 aliphatic heterocycles. The van der Waals surface area contributed by atoms with Gasteiger partial charge in [0.25, 0.3) is 5.91 Å². The van der Waals surface area contributed by atoms with Gasteiger partial charge < -0.3 is 15.8 Å². The Labute approximate surface area is 239 Å². The molecule has 0 fully saturated rings. The van der Waals surface area contributed by atoms with E-state index in [4.69, 9.17) is 27.2 Å². The SMILES string of the molecule is CC(C)[C@H](NC(=O)c1cnc(OCCC(F)(F)F)nc1N1CC(c2ccccc2)C(c2ccc(Cl)cc2)=N1)C(N)=O. The molecular weight excluding hydrogens is 561 g/mol. The standard InChI is InChI=1S/C28H28ClF3N6O3/c1-16(2)22(24(33)39)35-26(40)20-14-34-27(41-13-12-28(30,31)32)36-25(20)38-15-21(17-6-4-3-5-7-17)23(37-38)18-8-10-19(29)11-9-18/h3-11,14,16,21-22H,12-13,15H2,1-2H3,(H2,33,39)(H,35,40)/t21?,22-/m0/s1. The smallest absolute Gasteiger partial charge is 0.392 e. The largest absolute Gasteiger partial charge is 0.463 e. The summed E-state index contributed by atoms with van der Waals surface area (Å²) < 4.78 is 43.3. The number of carbonyl (C=O) groups excluding carboxylic acids is 2. The van der Waals surface area contributed by atoms with Crippen LogP contribution in [0.3, 0.4) is 0 Å². The Morgan fingerprint density at radius 2 is 1.83 bits per heavy atom. The molecule has 41 heavy (non-hydrogen) atoms. The van der Waals surface area contributed by atoms with Gasteiger partial charge in [-0.3, -0.25) is 9.59 Å². The Morgan fingerprint density at radius 1 is 1.15 bits per heavy atom. The fourth-order valence-electron chi connectivity index (χ4n) is 4.29. The molecule has 0 saturated carbocycles. The van der Waals surface area contributed by atoms with Gasteiger partial charge in [-0.25, -0.2) is 9.99 Å². The van der Waals surface area contributed by atoms with Crippen LogP contribution in [0.4, 0.5) is 19.0 Å². The molecule has 2 amide bonds. The molecule has 2 aromatic carbocycles. The lowest BCUT2D eigenvalue weighted by molar-refractivity contribution is -0.139. The highest BCUT2D eigenvalue weighted by molar-refractivity contribution is 6.30. The average molecular weight is 589 g/mol. The van der Waals surface area contributed by atoms with E-state index in [1.807, 2.05) is 42.5 Å². The molecule has 0 bridgehead atoms. The Hall–Kier alpha value is -4.19. The van der Waals surface area contributed by atoms with E-state index in [9.17, 15) is 22.8 Å². The lowest BCUT2D eigenvalue weighted by atomic mass is 9.90. The van der Waals surface area contributed by atoms with Gasteiger partial charge in [0.15, 0.2) is 5.82 Å². The molecule has 0 spiro atoms.